The highest BCUT2D eigenvalue weighted by Gasteiger charge is 2.27. The van der Waals surface area contributed by atoms with E-state index in [9.17, 15) is 5.11 Å². The van der Waals surface area contributed by atoms with Crippen molar-refractivity contribution < 1.29 is 5.11 Å². The molecule has 1 aromatic carbocycles. The van der Waals surface area contributed by atoms with Crippen LogP contribution in [0, 0.1) is 5.92 Å². The second-order valence-electron chi connectivity index (χ2n) is 9.88. The molecule has 2 aliphatic rings. The Morgan fingerprint density at radius 3 is 2.94 bits per heavy atom. The van der Waals surface area contributed by atoms with Crippen LogP contribution in [0.25, 0.3) is 11.0 Å². The predicted molar refractivity (Wildman–Crippen MR) is 132 cm³/mol. The Morgan fingerprint density at radius 2 is 2.03 bits per heavy atom. The maximum absolute atomic E-state index is 9.23. The number of fused-ring (bicyclic) bond motifs is 2. The predicted octanol–water partition coefficient (Wildman–Crippen LogP) is 4.04. The number of aliphatic hydroxyl groups is 1. The van der Waals surface area contributed by atoms with Crippen LogP contribution in [0.15, 0.2) is 42.6 Å². The minimum Gasteiger partial charge on any atom is -0.396 e. The van der Waals surface area contributed by atoms with Crippen molar-refractivity contribution in [2.45, 2.75) is 57.7 Å². The minimum absolute atomic E-state index is 0.281. The highest BCUT2D eigenvalue weighted by atomic mass is 16.3. The number of aryl methyl sites for hydroxylation is 1. The molecular formula is C27H37N5O. The van der Waals surface area contributed by atoms with Gasteiger partial charge in [-0.3, -0.25) is 9.88 Å². The lowest BCUT2D eigenvalue weighted by molar-refractivity contribution is 0.147. The maximum Gasteiger partial charge on any atom is 0.124 e. The number of rotatable bonds is 8. The molecule has 0 spiro atoms. The van der Waals surface area contributed by atoms with E-state index in [2.05, 4.69) is 57.8 Å². The summed E-state index contributed by atoms with van der Waals surface area (Å²) in [6.45, 7) is 5.39. The van der Waals surface area contributed by atoms with E-state index in [0.29, 0.717) is 12.0 Å². The van der Waals surface area contributed by atoms with Crippen molar-refractivity contribution in [1.82, 2.24) is 24.3 Å². The largest absolute Gasteiger partial charge is 0.396 e. The van der Waals surface area contributed by atoms with Crippen LogP contribution < -0.4 is 0 Å². The number of imidazole rings is 1. The zero-order chi connectivity index (χ0) is 22.6. The van der Waals surface area contributed by atoms with Crippen molar-refractivity contribution in [3.05, 3.63) is 59.7 Å². The second kappa shape index (κ2) is 10.3. The summed E-state index contributed by atoms with van der Waals surface area (Å²) < 4.78 is 2.48. The van der Waals surface area contributed by atoms with Gasteiger partial charge in [0, 0.05) is 32.4 Å². The standard InChI is InChI=1S/C27H37N5O/c1-30(25-13-4-9-22-10-5-14-28-27(22)25)20-26-29-23-11-2-3-12-24(23)32(26)19-21-8-6-15-31(18-21)16-7-17-33/h2-3,5,10-12,14,21,25,33H,4,6-9,13,15-20H2,1H3/t21-,25-/m0/s1. The Morgan fingerprint density at radius 1 is 1.12 bits per heavy atom. The molecule has 0 unspecified atom stereocenters. The third kappa shape index (κ3) is 4.98. The molecule has 33 heavy (non-hydrogen) atoms. The van der Waals surface area contributed by atoms with Gasteiger partial charge >= 0.3 is 0 Å². The van der Waals surface area contributed by atoms with Gasteiger partial charge < -0.3 is 14.6 Å². The van der Waals surface area contributed by atoms with E-state index in [0.717, 1.165) is 63.3 Å². The monoisotopic (exact) mass is 447 g/mol. The zero-order valence-corrected chi connectivity index (χ0v) is 19.9. The second-order valence-corrected chi connectivity index (χ2v) is 9.88. The number of para-hydroxylation sites is 2. The lowest BCUT2D eigenvalue weighted by Gasteiger charge is -2.34. The number of hydrogen-bond acceptors (Lipinski definition) is 5. The molecule has 0 saturated carbocycles. The van der Waals surface area contributed by atoms with Gasteiger partial charge in [-0.05, 0) is 81.8 Å². The lowest BCUT2D eigenvalue weighted by Crippen LogP contribution is -2.38. The van der Waals surface area contributed by atoms with E-state index in [1.54, 1.807) is 0 Å². The molecule has 3 heterocycles. The molecule has 0 amide bonds. The zero-order valence-electron chi connectivity index (χ0n) is 19.9. The molecular weight excluding hydrogens is 410 g/mol. The van der Waals surface area contributed by atoms with Crippen molar-refractivity contribution in [3.8, 4) is 0 Å². The van der Waals surface area contributed by atoms with Crippen LogP contribution >= 0.6 is 0 Å². The number of aromatic nitrogens is 3. The van der Waals surface area contributed by atoms with Gasteiger partial charge in [-0.25, -0.2) is 4.98 Å². The van der Waals surface area contributed by atoms with Crippen LogP contribution in [0.4, 0.5) is 0 Å². The molecule has 176 valence electrons. The molecule has 6 heteroatoms. The van der Waals surface area contributed by atoms with Crippen LogP contribution in [-0.2, 0) is 19.5 Å². The van der Waals surface area contributed by atoms with Crippen LogP contribution in [-0.4, -0.2) is 62.7 Å². The number of aliphatic hydroxyl groups excluding tert-OH is 1. The summed E-state index contributed by atoms with van der Waals surface area (Å²) in [4.78, 5) is 14.8. The van der Waals surface area contributed by atoms with E-state index in [4.69, 9.17) is 9.97 Å². The van der Waals surface area contributed by atoms with Crippen molar-refractivity contribution in [2.24, 2.45) is 5.92 Å². The van der Waals surface area contributed by atoms with Gasteiger partial charge in [0.25, 0.3) is 0 Å². The summed E-state index contributed by atoms with van der Waals surface area (Å²) in [7, 11) is 2.23. The topological polar surface area (TPSA) is 57.4 Å². The molecule has 2 aromatic heterocycles. The number of piperidine rings is 1. The van der Waals surface area contributed by atoms with Gasteiger partial charge in [0.2, 0.25) is 0 Å². The minimum atomic E-state index is 0.281. The first-order valence-electron chi connectivity index (χ1n) is 12.6. The first-order chi connectivity index (χ1) is 16.2. The molecule has 6 nitrogen and oxygen atoms in total. The van der Waals surface area contributed by atoms with Crippen LogP contribution in [0.3, 0.4) is 0 Å². The fourth-order valence-electron chi connectivity index (χ4n) is 5.85. The molecule has 1 saturated heterocycles. The van der Waals surface area contributed by atoms with E-state index in [1.807, 2.05) is 6.20 Å². The van der Waals surface area contributed by atoms with Crippen LogP contribution in [0.1, 0.15) is 55.2 Å². The third-order valence-corrected chi connectivity index (χ3v) is 7.50. The first-order valence-corrected chi connectivity index (χ1v) is 12.6. The Kier molecular flexibility index (Phi) is 7.04. The highest BCUT2D eigenvalue weighted by Crippen LogP contribution is 2.33. The summed E-state index contributed by atoms with van der Waals surface area (Å²) in [6.07, 6.45) is 8.82. The Hall–Kier alpha value is -2.28. The first kappa shape index (κ1) is 22.5. The number of hydrogen-bond donors (Lipinski definition) is 1. The summed E-state index contributed by atoms with van der Waals surface area (Å²) in [6, 6.07) is 13.2. The fraction of sp³-hybridized carbons (Fsp3) is 0.556. The summed E-state index contributed by atoms with van der Waals surface area (Å²) in [5, 5.41) is 9.23. The maximum atomic E-state index is 9.23. The molecule has 2 atom stereocenters. The quantitative estimate of drug-likeness (QED) is 0.565. The molecule has 5 rings (SSSR count). The Balaban J connectivity index is 1.37. The molecule has 1 N–H and O–H groups in total. The highest BCUT2D eigenvalue weighted by molar-refractivity contribution is 5.75. The van der Waals surface area contributed by atoms with Crippen molar-refractivity contribution in [1.29, 1.82) is 0 Å². The van der Waals surface area contributed by atoms with E-state index in [1.165, 1.54) is 36.0 Å². The molecule has 1 fully saturated rings. The SMILES string of the molecule is CN(Cc1nc2ccccc2n1C[C@H]1CCCN(CCCO)C1)[C@H]1CCCc2cccnc21. The van der Waals surface area contributed by atoms with Crippen molar-refractivity contribution in [2.75, 3.05) is 33.3 Å². The summed E-state index contributed by atoms with van der Waals surface area (Å²) >= 11 is 0. The number of nitrogens with zero attached hydrogens (tertiary/aromatic N) is 5. The average molecular weight is 448 g/mol. The fourth-order valence-corrected chi connectivity index (χ4v) is 5.85. The summed E-state index contributed by atoms with van der Waals surface area (Å²) in [5.74, 6) is 1.78. The van der Waals surface area contributed by atoms with E-state index in [-0.39, 0.29) is 6.61 Å². The normalized spacial score (nSPS) is 21.5. The van der Waals surface area contributed by atoms with Crippen LogP contribution in [0.5, 0.6) is 0 Å². The molecule has 1 aliphatic heterocycles. The van der Waals surface area contributed by atoms with Gasteiger partial charge in [-0.1, -0.05) is 18.2 Å². The van der Waals surface area contributed by atoms with Gasteiger partial charge in [0.15, 0.2) is 0 Å². The molecule has 3 aromatic rings. The van der Waals surface area contributed by atoms with Gasteiger partial charge in [0.1, 0.15) is 5.82 Å². The van der Waals surface area contributed by atoms with Gasteiger partial charge in [-0.15, -0.1) is 0 Å². The summed E-state index contributed by atoms with van der Waals surface area (Å²) in [5.41, 5.74) is 4.99. The Bertz CT molecular complexity index is 1060. The average Bonchev–Trinajstić information content (AvgIpc) is 3.19. The number of likely N-dealkylation sites (tertiary alicyclic amines) is 1. The molecule has 0 bridgehead atoms. The van der Waals surface area contributed by atoms with Gasteiger partial charge in [0.05, 0.1) is 29.3 Å². The number of pyridine rings is 1. The smallest absolute Gasteiger partial charge is 0.124 e. The molecule has 1 aliphatic carbocycles. The third-order valence-electron chi connectivity index (χ3n) is 7.50. The lowest BCUT2D eigenvalue weighted by atomic mass is 9.91. The van der Waals surface area contributed by atoms with Crippen molar-refractivity contribution in [3.63, 3.8) is 0 Å². The van der Waals surface area contributed by atoms with E-state index < -0.39 is 0 Å². The van der Waals surface area contributed by atoms with E-state index >= 15 is 0 Å². The van der Waals surface area contributed by atoms with Crippen molar-refractivity contribution >= 4 is 11.0 Å². The molecule has 0 radical (unpaired) electrons. The number of benzene rings is 1. The van der Waals surface area contributed by atoms with Gasteiger partial charge in [-0.2, -0.15) is 0 Å². The Labute approximate surface area is 197 Å². The van der Waals surface area contributed by atoms with Crippen LogP contribution in [0.2, 0.25) is 0 Å².